The number of carbonyl (C=O) groups is 1. The van der Waals surface area contributed by atoms with Crippen LogP contribution in [0, 0.1) is 5.92 Å². The smallest absolute Gasteiger partial charge is 0.339 e. The third kappa shape index (κ3) is 2.96. The second-order valence-corrected chi connectivity index (χ2v) is 4.20. The Balaban J connectivity index is 2.13. The zero-order valence-electron chi connectivity index (χ0n) is 8.66. The van der Waals surface area contributed by atoms with Gasteiger partial charge in [-0.3, -0.25) is 0 Å². The van der Waals surface area contributed by atoms with E-state index in [-0.39, 0.29) is 6.54 Å². The average molecular weight is 201 g/mol. The molecule has 1 unspecified atom stereocenters. The number of esters is 1. The fourth-order valence-electron chi connectivity index (χ4n) is 1.34. The molecule has 0 bridgehead atoms. The van der Waals surface area contributed by atoms with Crippen LogP contribution >= 0.6 is 0 Å². The van der Waals surface area contributed by atoms with Crippen LogP contribution in [0.25, 0.3) is 0 Å². The van der Waals surface area contributed by atoms with Crippen molar-refractivity contribution < 1.29 is 14.6 Å². The highest BCUT2D eigenvalue weighted by Gasteiger charge is 2.30. The van der Waals surface area contributed by atoms with Crippen molar-refractivity contribution >= 4 is 5.97 Å². The molecule has 0 heterocycles. The summed E-state index contributed by atoms with van der Waals surface area (Å²) < 4.78 is 4.94. The van der Waals surface area contributed by atoms with Crippen LogP contribution in [0.3, 0.4) is 0 Å². The van der Waals surface area contributed by atoms with Crippen LogP contribution in [0.4, 0.5) is 0 Å². The summed E-state index contributed by atoms with van der Waals surface area (Å²) in [6, 6.07) is 0. The zero-order valence-corrected chi connectivity index (χ0v) is 8.66. The van der Waals surface area contributed by atoms with Crippen LogP contribution in [0.2, 0.25) is 0 Å². The van der Waals surface area contributed by atoms with E-state index in [0.717, 1.165) is 6.42 Å². The van der Waals surface area contributed by atoms with E-state index in [2.05, 4.69) is 0 Å². The molecule has 0 amide bonds. The number of rotatable bonds is 5. The first-order valence-corrected chi connectivity index (χ1v) is 5.16. The summed E-state index contributed by atoms with van der Waals surface area (Å²) in [6.45, 7) is 1.67. The number of hydrogen-bond acceptors (Lipinski definition) is 4. The van der Waals surface area contributed by atoms with Gasteiger partial charge in [0.1, 0.15) is 0 Å². The summed E-state index contributed by atoms with van der Waals surface area (Å²) in [5.74, 6) is 0.102. The molecule has 4 nitrogen and oxygen atoms in total. The third-order valence-electron chi connectivity index (χ3n) is 2.82. The van der Waals surface area contributed by atoms with Crippen LogP contribution in [0.15, 0.2) is 0 Å². The Morgan fingerprint density at radius 2 is 2.29 bits per heavy atom. The molecule has 3 N–H and O–H groups in total. The molecule has 82 valence electrons. The van der Waals surface area contributed by atoms with Gasteiger partial charge in [0.05, 0.1) is 6.61 Å². The molecule has 0 aromatic carbocycles. The molecule has 0 saturated heterocycles. The molecule has 1 fully saturated rings. The minimum Gasteiger partial charge on any atom is -0.464 e. The van der Waals surface area contributed by atoms with E-state index in [1.807, 2.05) is 0 Å². The Morgan fingerprint density at radius 1 is 1.64 bits per heavy atom. The Morgan fingerprint density at radius 3 is 2.71 bits per heavy atom. The largest absolute Gasteiger partial charge is 0.464 e. The van der Waals surface area contributed by atoms with E-state index < -0.39 is 11.6 Å². The van der Waals surface area contributed by atoms with Gasteiger partial charge in [-0.2, -0.15) is 0 Å². The van der Waals surface area contributed by atoms with Gasteiger partial charge in [0.25, 0.3) is 0 Å². The Bertz CT molecular complexity index is 200. The molecular formula is C10H19NO3. The highest BCUT2D eigenvalue weighted by atomic mass is 16.5. The van der Waals surface area contributed by atoms with E-state index in [9.17, 15) is 9.90 Å². The second kappa shape index (κ2) is 4.75. The first-order valence-electron chi connectivity index (χ1n) is 5.16. The minimum absolute atomic E-state index is 0.102. The SMILES string of the molecule is CC(O)(CN)C(=O)OCCC1CCC1. The number of carbonyl (C=O) groups excluding carboxylic acids is 1. The van der Waals surface area contributed by atoms with Crippen molar-refractivity contribution in [3.8, 4) is 0 Å². The van der Waals surface area contributed by atoms with Crippen molar-refractivity contribution in [1.82, 2.24) is 0 Å². The molecule has 1 aliphatic carbocycles. The molecule has 0 aromatic rings. The van der Waals surface area contributed by atoms with Gasteiger partial charge in [0.2, 0.25) is 0 Å². The maximum absolute atomic E-state index is 11.2. The lowest BCUT2D eigenvalue weighted by Gasteiger charge is -2.25. The van der Waals surface area contributed by atoms with Crippen LogP contribution < -0.4 is 5.73 Å². The van der Waals surface area contributed by atoms with Gasteiger partial charge in [-0.1, -0.05) is 19.3 Å². The van der Waals surface area contributed by atoms with Gasteiger partial charge in [0.15, 0.2) is 5.60 Å². The van der Waals surface area contributed by atoms with E-state index >= 15 is 0 Å². The molecule has 1 aliphatic rings. The number of nitrogens with two attached hydrogens (primary N) is 1. The fourth-order valence-corrected chi connectivity index (χ4v) is 1.34. The topological polar surface area (TPSA) is 72.5 Å². The van der Waals surface area contributed by atoms with Gasteiger partial charge >= 0.3 is 5.97 Å². The van der Waals surface area contributed by atoms with Crippen molar-refractivity contribution in [2.75, 3.05) is 13.2 Å². The summed E-state index contributed by atoms with van der Waals surface area (Å²) in [5.41, 5.74) is 3.70. The van der Waals surface area contributed by atoms with Crippen LogP contribution in [0.1, 0.15) is 32.6 Å². The molecule has 0 radical (unpaired) electrons. The highest BCUT2D eigenvalue weighted by Crippen LogP contribution is 2.29. The molecule has 1 atom stereocenters. The molecule has 0 aromatic heterocycles. The maximum atomic E-state index is 11.2. The average Bonchev–Trinajstić information content (AvgIpc) is 2.08. The van der Waals surface area contributed by atoms with Crippen molar-refractivity contribution in [2.24, 2.45) is 11.7 Å². The summed E-state index contributed by atoms with van der Waals surface area (Å²) in [6.07, 6.45) is 4.68. The molecule has 1 rings (SSSR count). The standard InChI is InChI=1S/C10H19NO3/c1-10(13,7-11)9(12)14-6-5-8-3-2-4-8/h8,13H,2-7,11H2,1H3. The second-order valence-electron chi connectivity index (χ2n) is 4.20. The van der Waals surface area contributed by atoms with E-state index in [0.29, 0.717) is 12.5 Å². The van der Waals surface area contributed by atoms with Crippen molar-refractivity contribution in [3.63, 3.8) is 0 Å². The normalized spacial score (nSPS) is 21.1. The van der Waals surface area contributed by atoms with E-state index in [1.165, 1.54) is 26.2 Å². The molecule has 0 spiro atoms. The number of aliphatic hydroxyl groups is 1. The van der Waals surface area contributed by atoms with Gasteiger partial charge in [-0.05, 0) is 19.3 Å². The Labute approximate surface area is 84.4 Å². The minimum atomic E-state index is -1.53. The van der Waals surface area contributed by atoms with Crippen LogP contribution in [0.5, 0.6) is 0 Å². The predicted octanol–water partition coefficient (Wildman–Crippen LogP) is 0.429. The summed E-state index contributed by atoms with van der Waals surface area (Å²) in [5, 5.41) is 9.43. The van der Waals surface area contributed by atoms with Crippen molar-refractivity contribution in [3.05, 3.63) is 0 Å². The third-order valence-corrected chi connectivity index (χ3v) is 2.82. The Kier molecular flexibility index (Phi) is 3.89. The lowest BCUT2D eigenvalue weighted by atomic mass is 9.83. The summed E-state index contributed by atoms with van der Waals surface area (Å²) in [4.78, 5) is 11.2. The Hall–Kier alpha value is -0.610. The van der Waals surface area contributed by atoms with Gasteiger partial charge < -0.3 is 15.6 Å². The van der Waals surface area contributed by atoms with Gasteiger partial charge in [0, 0.05) is 6.54 Å². The molecule has 4 heteroatoms. The van der Waals surface area contributed by atoms with Gasteiger partial charge in [-0.25, -0.2) is 4.79 Å². The van der Waals surface area contributed by atoms with Crippen LogP contribution in [-0.4, -0.2) is 29.8 Å². The summed E-state index contributed by atoms with van der Waals surface area (Å²) >= 11 is 0. The van der Waals surface area contributed by atoms with Crippen LogP contribution in [-0.2, 0) is 9.53 Å². The summed E-state index contributed by atoms with van der Waals surface area (Å²) in [7, 11) is 0. The first kappa shape index (κ1) is 11.5. The monoisotopic (exact) mass is 201 g/mol. The lowest BCUT2D eigenvalue weighted by Crippen LogP contribution is -2.44. The first-order chi connectivity index (χ1) is 6.56. The highest BCUT2D eigenvalue weighted by molar-refractivity contribution is 5.78. The zero-order chi connectivity index (χ0) is 10.6. The van der Waals surface area contributed by atoms with Crippen molar-refractivity contribution in [2.45, 2.75) is 38.2 Å². The predicted molar refractivity (Wildman–Crippen MR) is 52.6 cm³/mol. The number of hydrogen-bond donors (Lipinski definition) is 2. The quantitative estimate of drug-likeness (QED) is 0.633. The lowest BCUT2D eigenvalue weighted by molar-refractivity contribution is -0.163. The number of ether oxygens (including phenoxy) is 1. The van der Waals surface area contributed by atoms with E-state index in [4.69, 9.17) is 10.5 Å². The molecule has 1 saturated carbocycles. The van der Waals surface area contributed by atoms with Gasteiger partial charge in [-0.15, -0.1) is 0 Å². The fraction of sp³-hybridized carbons (Fsp3) is 0.900. The maximum Gasteiger partial charge on any atom is 0.339 e. The molecule has 14 heavy (non-hydrogen) atoms. The molecule has 0 aliphatic heterocycles. The van der Waals surface area contributed by atoms with E-state index in [1.54, 1.807) is 0 Å². The van der Waals surface area contributed by atoms with Crippen molar-refractivity contribution in [1.29, 1.82) is 0 Å². The molecular weight excluding hydrogens is 182 g/mol.